The number of aliphatic imine (C=N–C) groups is 1. The first-order chi connectivity index (χ1) is 27.1. The molecule has 3 aliphatic carbocycles. The third-order valence-corrected chi connectivity index (χ3v) is 12.9. The number of benzene rings is 8. The molecule has 1 atom stereocenters. The first-order valence-corrected chi connectivity index (χ1v) is 19.6. The molecule has 0 radical (unpaired) electrons. The normalized spacial score (nSPS) is 16.9. The van der Waals surface area contributed by atoms with Gasteiger partial charge in [-0.2, -0.15) is 0 Å². The molecule has 0 fully saturated rings. The molecule has 8 aromatic carbocycles. The summed E-state index contributed by atoms with van der Waals surface area (Å²) in [4.78, 5) is 5.54. The van der Waals surface area contributed by atoms with Crippen molar-refractivity contribution in [2.75, 3.05) is 0 Å². The molecule has 0 aromatic heterocycles. The van der Waals surface area contributed by atoms with Crippen LogP contribution >= 0.6 is 0 Å². The van der Waals surface area contributed by atoms with E-state index in [0.29, 0.717) is 0 Å². The van der Waals surface area contributed by atoms with Crippen LogP contribution in [-0.4, -0.2) is 11.8 Å². The van der Waals surface area contributed by atoms with Crippen LogP contribution in [0, 0.1) is 0 Å². The van der Waals surface area contributed by atoms with Crippen molar-refractivity contribution in [1.82, 2.24) is 0 Å². The molecule has 1 heterocycles. The maximum Gasteiger partial charge on any atom is 0.0803 e. The Labute approximate surface area is 321 Å². The summed E-state index contributed by atoms with van der Waals surface area (Å²) in [5, 5.41) is 7.85. The smallest absolute Gasteiger partial charge is 0.0803 e. The Morgan fingerprint density at radius 2 is 1.04 bits per heavy atom. The molecule has 258 valence electrons. The highest BCUT2D eigenvalue weighted by Crippen LogP contribution is 2.53. The van der Waals surface area contributed by atoms with Crippen LogP contribution in [0.3, 0.4) is 0 Å². The Balaban J connectivity index is 1.02. The fourth-order valence-electron chi connectivity index (χ4n) is 10.5. The minimum Gasteiger partial charge on any atom is -0.276 e. The minimum atomic E-state index is -0.172. The first-order valence-electron chi connectivity index (χ1n) is 19.6. The Kier molecular flexibility index (Phi) is 6.30. The second-order valence-corrected chi connectivity index (χ2v) is 16.1. The Morgan fingerprint density at radius 3 is 1.84 bits per heavy atom. The van der Waals surface area contributed by atoms with Crippen molar-refractivity contribution in [2.45, 2.75) is 31.7 Å². The molecule has 1 unspecified atom stereocenters. The van der Waals surface area contributed by atoms with Crippen molar-refractivity contribution < 1.29 is 0 Å². The summed E-state index contributed by atoms with van der Waals surface area (Å²) in [6, 6.07) is 61.3. The molecule has 1 aliphatic heterocycles. The molecule has 1 nitrogen and oxygen atoms in total. The van der Waals surface area contributed by atoms with E-state index in [9.17, 15) is 0 Å². The van der Waals surface area contributed by atoms with Crippen molar-refractivity contribution in [3.63, 3.8) is 0 Å². The van der Waals surface area contributed by atoms with Gasteiger partial charge in [-0.1, -0.05) is 184 Å². The topological polar surface area (TPSA) is 12.4 Å². The number of hydrogen-bond donors (Lipinski definition) is 0. The molecule has 0 spiro atoms. The number of fused-ring (bicyclic) bond motifs is 9. The van der Waals surface area contributed by atoms with Gasteiger partial charge in [0.05, 0.1) is 11.8 Å². The molecule has 4 aliphatic rings. The Hall–Kier alpha value is -6.57. The van der Waals surface area contributed by atoms with Crippen molar-refractivity contribution in [3.8, 4) is 44.5 Å². The summed E-state index contributed by atoms with van der Waals surface area (Å²) >= 11 is 0. The fraction of sp³-hybridized carbons (Fsp3) is 0.0926. The van der Waals surface area contributed by atoms with Gasteiger partial charge in [-0.25, -0.2) is 0 Å². The van der Waals surface area contributed by atoms with E-state index in [1.165, 1.54) is 116 Å². The number of dihydropyridines is 1. The largest absolute Gasteiger partial charge is 0.276 e. The van der Waals surface area contributed by atoms with Gasteiger partial charge in [0, 0.05) is 11.0 Å². The Bertz CT molecular complexity index is 3160. The zero-order chi connectivity index (χ0) is 36.4. The Morgan fingerprint density at radius 1 is 0.473 bits per heavy atom. The zero-order valence-corrected chi connectivity index (χ0v) is 30.9. The van der Waals surface area contributed by atoms with Crippen molar-refractivity contribution in [3.05, 3.63) is 196 Å². The third-order valence-electron chi connectivity index (χ3n) is 12.9. The quantitative estimate of drug-likeness (QED) is 0.174. The van der Waals surface area contributed by atoms with Gasteiger partial charge < -0.3 is 0 Å². The summed E-state index contributed by atoms with van der Waals surface area (Å²) in [6.07, 6.45) is 3.29. The zero-order valence-electron chi connectivity index (χ0n) is 30.9. The summed E-state index contributed by atoms with van der Waals surface area (Å²) in [5.74, 6) is 0. The van der Waals surface area contributed by atoms with E-state index in [1.54, 1.807) is 0 Å². The molecule has 0 saturated heterocycles. The van der Waals surface area contributed by atoms with E-state index < -0.39 is 0 Å². The molecule has 0 amide bonds. The van der Waals surface area contributed by atoms with Gasteiger partial charge >= 0.3 is 0 Å². The average Bonchev–Trinajstić information content (AvgIpc) is 3.69. The lowest BCUT2D eigenvalue weighted by Gasteiger charge is -2.33. The van der Waals surface area contributed by atoms with E-state index in [-0.39, 0.29) is 11.5 Å². The SMILES string of the molecule is CC1(C)C2=C(c3ccc(-c4ccc(-c5ccc6c7c(cccc57)-c5ccccc5-6)c5ccccc45)cc3)C3=c4ccccc4=CCC3N=C2c2ccccc21. The summed E-state index contributed by atoms with van der Waals surface area (Å²) < 4.78 is 0. The lowest BCUT2D eigenvalue weighted by Crippen LogP contribution is -2.37. The van der Waals surface area contributed by atoms with E-state index in [4.69, 9.17) is 4.99 Å². The van der Waals surface area contributed by atoms with E-state index in [1.807, 2.05) is 0 Å². The monoisotopic (exact) mass is 699 g/mol. The summed E-state index contributed by atoms with van der Waals surface area (Å²) in [6.45, 7) is 4.77. The summed E-state index contributed by atoms with van der Waals surface area (Å²) in [5.41, 5.74) is 19.4. The van der Waals surface area contributed by atoms with Crippen LogP contribution in [0.15, 0.2) is 174 Å². The van der Waals surface area contributed by atoms with Crippen LogP contribution in [0.1, 0.15) is 37.0 Å². The van der Waals surface area contributed by atoms with Gasteiger partial charge in [0.2, 0.25) is 0 Å². The maximum absolute atomic E-state index is 5.54. The number of allylic oxidation sites excluding steroid dienone is 1. The van der Waals surface area contributed by atoms with Crippen LogP contribution in [-0.2, 0) is 5.41 Å². The molecule has 0 N–H and O–H groups in total. The second kappa shape index (κ2) is 11.2. The van der Waals surface area contributed by atoms with Crippen molar-refractivity contribution >= 4 is 44.5 Å². The predicted octanol–water partition coefficient (Wildman–Crippen LogP) is 11.9. The molecular weight excluding hydrogens is 663 g/mol. The van der Waals surface area contributed by atoms with Crippen LogP contribution < -0.4 is 10.4 Å². The lowest BCUT2D eigenvalue weighted by atomic mass is 9.73. The predicted molar refractivity (Wildman–Crippen MR) is 232 cm³/mol. The first kappa shape index (κ1) is 30.8. The van der Waals surface area contributed by atoms with Crippen LogP contribution in [0.25, 0.3) is 83.3 Å². The lowest BCUT2D eigenvalue weighted by molar-refractivity contribution is 0.662. The second-order valence-electron chi connectivity index (χ2n) is 16.1. The maximum atomic E-state index is 5.54. The van der Waals surface area contributed by atoms with Gasteiger partial charge in [-0.05, 0) is 111 Å². The van der Waals surface area contributed by atoms with Crippen LogP contribution in [0.5, 0.6) is 0 Å². The van der Waals surface area contributed by atoms with Crippen LogP contribution in [0.4, 0.5) is 0 Å². The molecule has 12 rings (SSSR count). The highest BCUT2D eigenvalue weighted by Gasteiger charge is 2.45. The minimum absolute atomic E-state index is 0.0989. The standard InChI is InChI=1S/C54H37N/c1-54(2)47-21-10-9-18-46(47)53-52(54)49(51-36-13-4-3-12-32(36)26-31-48(51)55-53)34-24-22-33(23-25-34)35-27-28-41(38-15-6-5-14-37(35)38)42-29-30-45-40-17-8-7-16-39(40)43-19-11-20-44(42)50(43)45/h3-30,48H,31H2,1-2H3. The number of rotatable bonds is 3. The van der Waals surface area contributed by atoms with Gasteiger partial charge in [-0.15, -0.1) is 0 Å². The highest BCUT2D eigenvalue weighted by atomic mass is 14.8. The molecule has 8 aromatic rings. The molecular formula is C54H37N. The highest BCUT2D eigenvalue weighted by molar-refractivity contribution is 6.28. The van der Waals surface area contributed by atoms with E-state index in [0.717, 1.165) is 6.42 Å². The van der Waals surface area contributed by atoms with Gasteiger partial charge in [0.15, 0.2) is 0 Å². The van der Waals surface area contributed by atoms with E-state index >= 15 is 0 Å². The van der Waals surface area contributed by atoms with Gasteiger partial charge in [0.1, 0.15) is 0 Å². The summed E-state index contributed by atoms with van der Waals surface area (Å²) in [7, 11) is 0. The third kappa shape index (κ3) is 4.21. The van der Waals surface area contributed by atoms with Gasteiger partial charge in [0.25, 0.3) is 0 Å². The molecule has 55 heavy (non-hydrogen) atoms. The van der Waals surface area contributed by atoms with Crippen molar-refractivity contribution in [1.29, 1.82) is 0 Å². The molecule has 0 saturated carbocycles. The molecule has 0 bridgehead atoms. The molecule has 1 heteroatoms. The van der Waals surface area contributed by atoms with E-state index in [2.05, 4.69) is 184 Å². The fourth-order valence-corrected chi connectivity index (χ4v) is 10.5. The van der Waals surface area contributed by atoms with Crippen LogP contribution in [0.2, 0.25) is 0 Å². The van der Waals surface area contributed by atoms with Crippen molar-refractivity contribution in [2.24, 2.45) is 4.99 Å². The number of hydrogen-bond acceptors (Lipinski definition) is 1. The average molecular weight is 700 g/mol. The number of nitrogens with zero attached hydrogens (tertiary/aromatic N) is 1. The van der Waals surface area contributed by atoms with Gasteiger partial charge in [-0.3, -0.25) is 4.99 Å².